The van der Waals surface area contributed by atoms with Crippen molar-refractivity contribution in [2.45, 2.75) is 13.5 Å². The standard InChI is InChI=1S/C23H20O3/c1-17-10-12-18(13-11-17)16-26-21-9-5-6-19(14-21)15-22(23(24)25)20-7-3-2-4-8-20/h2-15H,16H2,1H3,(H,24,25)/b22-15-. The van der Waals surface area contributed by atoms with Gasteiger partial charge in [0.25, 0.3) is 0 Å². The minimum Gasteiger partial charge on any atom is -0.489 e. The van der Waals surface area contributed by atoms with Crippen molar-refractivity contribution in [2.24, 2.45) is 0 Å². The maximum Gasteiger partial charge on any atom is 0.336 e. The molecule has 0 aliphatic carbocycles. The highest BCUT2D eigenvalue weighted by Gasteiger charge is 2.10. The Morgan fingerprint density at radius 3 is 2.38 bits per heavy atom. The lowest BCUT2D eigenvalue weighted by molar-refractivity contribution is -0.130. The fourth-order valence-corrected chi connectivity index (χ4v) is 2.60. The summed E-state index contributed by atoms with van der Waals surface area (Å²) in [6.07, 6.45) is 1.66. The molecule has 0 saturated carbocycles. The van der Waals surface area contributed by atoms with E-state index in [0.717, 1.165) is 11.1 Å². The van der Waals surface area contributed by atoms with E-state index in [9.17, 15) is 9.90 Å². The van der Waals surface area contributed by atoms with Crippen LogP contribution in [0, 0.1) is 6.92 Å². The molecule has 0 fully saturated rings. The van der Waals surface area contributed by atoms with E-state index in [1.165, 1.54) is 5.56 Å². The van der Waals surface area contributed by atoms with Crippen LogP contribution in [-0.2, 0) is 11.4 Å². The predicted octanol–water partition coefficient (Wildman–Crippen LogP) is 5.20. The molecule has 3 nitrogen and oxygen atoms in total. The Labute approximate surface area is 153 Å². The quantitative estimate of drug-likeness (QED) is 0.494. The van der Waals surface area contributed by atoms with E-state index in [-0.39, 0.29) is 5.57 Å². The Balaban J connectivity index is 1.79. The second-order valence-electron chi connectivity index (χ2n) is 6.08. The van der Waals surface area contributed by atoms with E-state index >= 15 is 0 Å². The fourth-order valence-electron chi connectivity index (χ4n) is 2.60. The average molecular weight is 344 g/mol. The third kappa shape index (κ3) is 4.61. The number of benzene rings is 3. The van der Waals surface area contributed by atoms with Gasteiger partial charge in [0.15, 0.2) is 0 Å². The van der Waals surface area contributed by atoms with Crippen molar-refractivity contribution in [3.8, 4) is 5.75 Å². The molecule has 3 aromatic carbocycles. The van der Waals surface area contributed by atoms with Gasteiger partial charge in [-0.3, -0.25) is 0 Å². The van der Waals surface area contributed by atoms with Gasteiger partial charge < -0.3 is 9.84 Å². The molecule has 1 N–H and O–H groups in total. The van der Waals surface area contributed by atoms with E-state index < -0.39 is 5.97 Å². The van der Waals surface area contributed by atoms with Gasteiger partial charge in [0.05, 0.1) is 5.57 Å². The van der Waals surface area contributed by atoms with Gasteiger partial charge in [-0.05, 0) is 41.8 Å². The molecule has 0 aliphatic heterocycles. The van der Waals surface area contributed by atoms with Crippen molar-refractivity contribution in [1.82, 2.24) is 0 Å². The molecule has 3 aromatic rings. The van der Waals surface area contributed by atoms with Crippen molar-refractivity contribution in [1.29, 1.82) is 0 Å². The summed E-state index contributed by atoms with van der Waals surface area (Å²) >= 11 is 0. The molecule has 0 saturated heterocycles. The fraction of sp³-hybridized carbons (Fsp3) is 0.0870. The molecule has 0 aromatic heterocycles. The van der Waals surface area contributed by atoms with Gasteiger partial charge in [0.1, 0.15) is 12.4 Å². The van der Waals surface area contributed by atoms with Crippen molar-refractivity contribution in [2.75, 3.05) is 0 Å². The topological polar surface area (TPSA) is 46.5 Å². The molecule has 0 amide bonds. The molecule has 130 valence electrons. The molecular weight excluding hydrogens is 324 g/mol. The summed E-state index contributed by atoms with van der Waals surface area (Å²) in [6.45, 7) is 2.52. The molecular formula is C23H20O3. The van der Waals surface area contributed by atoms with Crippen LogP contribution in [0.1, 0.15) is 22.3 Å². The molecule has 0 unspecified atom stereocenters. The summed E-state index contributed by atoms with van der Waals surface area (Å²) in [7, 11) is 0. The maximum atomic E-state index is 11.6. The van der Waals surface area contributed by atoms with Crippen LogP contribution in [0.25, 0.3) is 11.6 Å². The first kappa shape index (κ1) is 17.5. The minimum absolute atomic E-state index is 0.251. The molecule has 0 radical (unpaired) electrons. The monoisotopic (exact) mass is 344 g/mol. The highest BCUT2D eigenvalue weighted by Crippen LogP contribution is 2.22. The van der Waals surface area contributed by atoms with E-state index in [1.54, 1.807) is 18.2 Å². The van der Waals surface area contributed by atoms with Crippen LogP contribution in [0.3, 0.4) is 0 Å². The number of carboxylic acids is 1. The highest BCUT2D eigenvalue weighted by molar-refractivity contribution is 6.20. The Hall–Kier alpha value is -3.33. The molecule has 26 heavy (non-hydrogen) atoms. The van der Waals surface area contributed by atoms with E-state index in [2.05, 4.69) is 12.1 Å². The number of ether oxygens (including phenoxy) is 1. The Morgan fingerprint density at radius 1 is 0.962 bits per heavy atom. The van der Waals surface area contributed by atoms with Crippen molar-refractivity contribution in [3.05, 3.63) is 101 Å². The van der Waals surface area contributed by atoms with Gasteiger partial charge in [-0.2, -0.15) is 0 Å². The molecule has 0 aliphatic rings. The molecule has 0 bridgehead atoms. The van der Waals surface area contributed by atoms with Crippen LogP contribution in [0.5, 0.6) is 5.75 Å². The molecule has 3 rings (SSSR count). The zero-order valence-corrected chi connectivity index (χ0v) is 14.6. The molecule has 3 heteroatoms. The number of aryl methyl sites for hydroxylation is 1. The lowest BCUT2D eigenvalue weighted by Crippen LogP contribution is -1.99. The van der Waals surface area contributed by atoms with Gasteiger partial charge in [-0.1, -0.05) is 72.3 Å². The summed E-state index contributed by atoms with van der Waals surface area (Å²) in [6, 6.07) is 24.7. The highest BCUT2D eigenvalue weighted by atomic mass is 16.5. The van der Waals surface area contributed by atoms with Crippen LogP contribution >= 0.6 is 0 Å². The lowest BCUT2D eigenvalue weighted by atomic mass is 10.0. The zero-order valence-electron chi connectivity index (χ0n) is 14.6. The second kappa shape index (κ2) is 8.17. The van der Waals surface area contributed by atoms with Crippen molar-refractivity contribution < 1.29 is 14.6 Å². The SMILES string of the molecule is Cc1ccc(COc2cccc(/C=C(\C(=O)O)c3ccccc3)c2)cc1. The maximum absolute atomic E-state index is 11.6. The van der Waals surface area contributed by atoms with Crippen LogP contribution in [0.2, 0.25) is 0 Å². The van der Waals surface area contributed by atoms with Gasteiger partial charge in [0.2, 0.25) is 0 Å². The predicted molar refractivity (Wildman–Crippen MR) is 104 cm³/mol. The summed E-state index contributed by atoms with van der Waals surface area (Å²) in [5.74, 6) is -0.251. The first-order chi connectivity index (χ1) is 12.6. The van der Waals surface area contributed by atoms with E-state index in [4.69, 9.17) is 4.74 Å². The summed E-state index contributed by atoms with van der Waals surface area (Å²) in [4.78, 5) is 11.6. The number of hydrogen-bond acceptors (Lipinski definition) is 2. The van der Waals surface area contributed by atoms with Gasteiger partial charge in [-0.25, -0.2) is 4.79 Å². The summed E-state index contributed by atoms with van der Waals surface area (Å²) < 4.78 is 5.84. The van der Waals surface area contributed by atoms with Crippen molar-refractivity contribution in [3.63, 3.8) is 0 Å². The Bertz CT molecular complexity index is 910. The van der Waals surface area contributed by atoms with E-state index in [0.29, 0.717) is 17.9 Å². The van der Waals surface area contributed by atoms with Crippen LogP contribution in [0.4, 0.5) is 0 Å². The Kier molecular flexibility index (Phi) is 5.49. The minimum atomic E-state index is -0.956. The Morgan fingerprint density at radius 2 is 1.69 bits per heavy atom. The lowest BCUT2D eigenvalue weighted by Gasteiger charge is -2.08. The van der Waals surface area contributed by atoms with Crippen LogP contribution in [-0.4, -0.2) is 11.1 Å². The van der Waals surface area contributed by atoms with Crippen LogP contribution in [0.15, 0.2) is 78.9 Å². The number of carboxylic acid groups (broad SMARTS) is 1. The van der Waals surface area contributed by atoms with Gasteiger partial charge >= 0.3 is 5.97 Å². The second-order valence-corrected chi connectivity index (χ2v) is 6.08. The molecule has 0 atom stereocenters. The van der Waals surface area contributed by atoms with Gasteiger partial charge in [-0.15, -0.1) is 0 Å². The average Bonchev–Trinajstić information content (AvgIpc) is 2.66. The summed E-state index contributed by atoms with van der Waals surface area (Å²) in [5, 5.41) is 9.53. The number of hydrogen-bond donors (Lipinski definition) is 1. The number of carbonyl (C=O) groups is 1. The normalized spacial score (nSPS) is 11.2. The summed E-state index contributed by atoms with van der Waals surface area (Å²) in [5.41, 5.74) is 4.01. The van der Waals surface area contributed by atoms with Crippen LogP contribution < -0.4 is 4.74 Å². The van der Waals surface area contributed by atoms with Crippen molar-refractivity contribution >= 4 is 17.6 Å². The smallest absolute Gasteiger partial charge is 0.336 e. The van der Waals surface area contributed by atoms with Gasteiger partial charge in [0, 0.05) is 0 Å². The first-order valence-electron chi connectivity index (χ1n) is 8.40. The number of rotatable bonds is 6. The largest absolute Gasteiger partial charge is 0.489 e. The molecule has 0 spiro atoms. The first-order valence-corrected chi connectivity index (χ1v) is 8.40. The number of aliphatic carboxylic acids is 1. The third-order valence-corrected chi connectivity index (χ3v) is 4.01. The third-order valence-electron chi connectivity index (χ3n) is 4.01. The zero-order chi connectivity index (χ0) is 18.4. The van der Waals surface area contributed by atoms with E-state index in [1.807, 2.05) is 61.5 Å². The molecule has 0 heterocycles.